The lowest BCUT2D eigenvalue weighted by Gasteiger charge is -2.59. The minimum Gasteiger partial charge on any atom is -0.330 e. The third kappa shape index (κ3) is 2.56. The van der Waals surface area contributed by atoms with Crippen LogP contribution in [0.25, 0.3) is 0 Å². The fraction of sp³-hybridized carbons (Fsp3) is 1.00. The molecule has 4 aliphatic rings. The van der Waals surface area contributed by atoms with Gasteiger partial charge in [0, 0.05) is 0 Å². The van der Waals surface area contributed by atoms with Crippen LogP contribution in [-0.2, 0) is 0 Å². The summed E-state index contributed by atoms with van der Waals surface area (Å²) in [7, 11) is 0. The van der Waals surface area contributed by atoms with E-state index in [-0.39, 0.29) is 0 Å². The molecule has 0 heterocycles. The monoisotopic (exact) mass is 303 g/mol. The molecule has 0 radical (unpaired) electrons. The van der Waals surface area contributed by atoms with Gasteiger partial charge >= 0.3 is 0 Å². The molecular weight excluding hydrogens is 266 g/mol. The van der Waals surface area contributed by atoms with Gasteiger partial charge in [-0.15, -0.1) is 0 Å². The maximum atomic E-state index is 6.18. The Balaban J connectivity index is 1.64. The van der Waals surface area contributed by atoms with Crippen molar-refractivity contribution in [1.29, 1.82) is 0 Å². The van der Waals surface area contributed by atoms with E-state index in [1.54, 1.807) is 32.1 Å². The van der Waals surface area contributed by atoms with Gasteiger partial charge in [0.1, 0.15) is 0 Å². The van der Waals surface area contributed by atoms with Crippen LogP contribution in [0.15, 0.2) is 0 Å². The molecule has 1 heteroatoms. The highest BCUT2D eigenvalue weighted by atomic mass is 14.6. The molecule has 4 fully saturated rings. The first-order valence-corrected chi connectivity index (χ1v) is 10.5. The Morgan fingerprint density at radius 2 is 1.45 bits per heavy atom. The number of hydrogen-bond donors (Lipinski definition) is 1. The third-order valence-electron chi connectivity index (χ3n) is 8.48. The van der Waals surface area contributed by atoms with E-state index in [0.29, 0.717) is 0 Å². The first kappa shape index (κ1) is 15.5. The molecule has 4 aliphatic carbocycles. The van der Waals surface area contributed by atoms with Crippen LogP contribution >= 0.6 is 0 Å². The predicted octanol–water partition coefficient (Wildman–Crippen LogP) is 5.53. The second-order valence-electron chi connectivity index (χ2n) is 9.31. The maximum absolute atomic E-state index is 6.18. The molecule has 1 nitrogen and oxygen atoms in total. The second kappa shape index (κ2) is 6.46. The van der Waals surface area contributed by atoms with Gasteiger partial charge in [0.2, 0.25) is 0 Å². The summed E-state index contributed by atoms with van der Waals surface area (Å²) in [6.07, 6.45) is 21.4. The van der Waals surface area contributed by atoms with Crippen LogP contribution < -0.4 is 5.73 Å². The lowest BCUT2D eigenvalue weighted by atomic mass is 9.46. The van der Waals surface area contributed by atoms with Crippen molar-refractivity contribution in [2.24, 2.45) is 40.7 Å². The van der Waals surface area contributed by atoms with Crippen molar-refractivity contribution in [3.05, 3.63) is 0 Å². The van der Waals surface area contributed by atoms with Crippen LogP contribution in [0, 0.1) is 35.0 Å². The molecule has 126 valence electrons. The van der Waals surface area contributed by atoms with E-state index in [1.807, 2.05) is 0 Å². The summed E-state index contributed by atoms with van der Waals surface area (Å²) < 4.78 is 0. The summed E-state index contributed by atoms with van der Waals surface area (Å²) in [5.74, 6) is 5.10. The molecule has 4 saturated carbocycles. The normalized spacial score (nSPS) is 49.2. The minimum absolute atomic E-state index is 0.755. The molecule has 4 atom stereocenters. The Bertz CT molecular complexity index is 364. The Morgan fingerprint density at radius 3 is 2.18 bits per heavy atom. The number of fused-ring (bicyclic) bond motifs is 2. The van der Waals surface area contributed by atoms with Crippen LogP contribution in [-0.4, -0.2) is 6.54 Å². The third-order valence-corrected chi connectivity index (χ3v) is 8.48. The molecular formula is C21H37N. The highest BCUT2D eigenvalue weighted by molar-refractivity contribution is 5.03. The van der Waals surface area contributed by atoms with E-state index in [4.69, 9.17) is 5.73 Å². The summed E-state index contributed by atoms with van der Waals surface area (Å²) in [5.41, 5.74) is 6.94. The van der Waals surface area contributed by atoms with Gasteiger partial charge in [-0.05, 0) is 86.5 Å². The van der Waals surface area contributed by atoms with Gasteiger partial charge in [-0.2, -0.15) is 0 Å². The zero-order chi connectivity index (χ0) is 15.0. The molecule has 0 amide bonds. The van der Waals surface area contributed by atoms with Crippen molar-refractivity contribution in [2.75, 3.05) is 6.54 Å². The molecule has 0 aromatic carbocycles. The highest BCUT2D eigenvalue weighted by Gasteiger charge is 2.53. The zero-order valence-electron chi connectivity index (χ0n) is 14.6. The summed E-state index contributed by atoms with van der Waals surface area (Å²) in [5, 5.41) is 0. The van der Waals surface area contributed by atoms with Crippen molar-refractivity contribution in [3.63, 3.8) is 0 Å². The SMILES string of the molecule is NCC1CC2CCCCC2C(C23CCCCC2CCCC3)C1. The topological polar surface area (TPSA) is 26.0 Å². The van der Waals surface area contributed by atoms with Gasteiger partial charge in [0.05, 0.1) is 0 Å². The number of nitrogens with two attached hydrogens (primary N) is 1. The fourth-order valence-electron chi connectivity index (χ4n) is 7.59. The van der Waals surface area contributed by atoms with E-state index >= 15 is 0 Å². The summed E-state index contributed by atoms with van der Waals surface area (Å²) in [6, 6.07) is 0. The van der Waals surface area contributed by atoms with Gasteiger partial charge in [-0.3, -0.25) is 0 Å². The number of hydrogen-bond acceptors (Lipinski definition) is 1. The molecule has 0 bridgehead atoms. The van der Waals surface area contributed by atoms with E-state index in [1.165, 1.54) is 57.8 Å². The van der Waals surface area contributed by atoms with Gasteiger partial charge in [-0.25, -0.2) is 0 Å². The quantitative estimate of drug-likeness (QED) is 0.713. The van der Waals surface area contributed by atoms with Crippen molar-refractivity contribution in [1.82, 2.24) is 0 Å². The van der Waals surface area contributed by atoms with E-state index in [9.17, 15) is 0 Å². The van der Waals surface area contributed by atoms with Crippen LogP contribution in [0.5, 0.6) is 0 Å². The largest absolute Gasteiger partial charge is 0.330 e. The minimum atomic E-state index is 0.755. The lowest BCUT2D eigenvalue weighted by molar-refractivity contribution is -0.0897. The average molecular weight is 304 g/mol. The first-order chi connectivity index (χ1) is 10.8. The average Bonchev–Trinajstić information content (AvgIpc) is 2.60. The molecule has 2 N–H and O–H groups in total. The van der Waals surface area contributed by atoms with Crippen molar-refractivity contribution in [2.45, 2.75) is 89.9 Å². The second-order valence-corrected chi connectivity index (χ2v) is 9.31. The van der Waals surface area contributed by atoms with Crippen molar-refractivity contribution < 1.29 is 0 Å². The molecule has 0 saturated heterocycles. The first-order valence-electron chi connectivity index (χ1n) is 10.5. The molecule has 0 aliphatic heterocycles. The summed E-state index contributed by atoms with van der Waals surface area (Å²) >= 11 is 0. The fourth-order valence-corrected chi connectivity index (χ4v) is 7.59. The van der Waals surface area contributed by atoms with E-state index in [0.717, 1.165) is 41.5 Å². The Morgan fingerprint density at radius 1 is 0.773 bits per heavy atom. The Labute approximate surface area is 137 Å². The van der Waals surface area contributed by atoms with Gasteiger partial charge < -0.3 is 5.73 Å². The van der Waals surface area contributed by atoms with Gasteiger partial charge in [0.15, 0.2) is 0 Å². The predicted molar refractivity (Wildman–Crippen MR) is 93.6 cm³/mol. The maximum Gasteiger partial charge on any atom is -0.00487 e. The van der Waals surface area contributed by atoms with Crippen LogP contribution in [0.2, 0.25) is 0 Å². The zero-order valence-corrected chi connectivity index (χ0v) is 14.6. The van der Waals surface area contributed by atoms with E-state index in [2.05, 4.69) is 0 Å². The van der Waals surface area contributed by atoms with E-state index < -0.39 is 0 Å². The number of rotatable bonds is 2. The molecule has 0 aromatic heterocycles. The summed E-state index contributed by atoms with van der Waals surface area (Å²) in [6.45, 7) is 0.959. The molecule has 0 spiro atoms. The van der Waals surface area contributed by atoms with Gasteiger partial charge in [0.25, 0.3) is 0 Å². The molecule has 22 heavy (non-hydrogen) atoms. The molecule has 4 rings (SSSR count). The smallest absolute Gasteiger partial charge is 0.00487 e. The molecule has 4 unspecified atom stereocenters. The molecule has 0 aromatic rings. The van der Waals surface area contributed by atoms with Gasteiger partial charge in [-0.1, -0.05) is 44.9 Å². The van der Waals surface area contributed by atoms with Crippen LogP contribution in [0.3, 0.4) is 0 Å². The summed E-state index contributed by atoms with van der Waals surface area (Å²) in [4.78, 5) is 0. The van der Waals surface area contributed by atoms with Crippen LogP contribution in [0.4, 0.5) is 0 Å². The Kier molecular flexibility index (Phi) is 4.55. The highest BCUT2D eigenvalue weighted by Crippen LogP contribution is 2.62. The van der Waals surface area contributed by atoms with Crippen molar-refractivity contribution >= 4 is 0 Å². The van der Waals surface area contributed by atoms with Crippen molar-refractivity contribution in [3.8, 4) is 0 Å². The standard InChI is InChI=1S/C21H37N/c22-15-16-13-17-7-1-2-10-19(17)20(14-16)21-11-5-3-8-18(21)9-4-6-12-21/h16-20H,1-15,22H2. The lowest BCUT2D eigenvalue weighted by Crippen LogP contribution is -2.51. The van der Waals surface area contributed by atoms with Crippen LogP contribution in [0.1, 0.15) is 89.9 Å². The Hall–Kier alpha value is -0.0400.